The van der Waals surface area contributed by atoms with Crippen molar-refractivity contribution in [3.63, 3.8) is 0 Å². The molecule has 0 bridgehead atoms. The molecule has 1 atom stereocenters. The predicted molar refractivity (Wildman–Crippen MR) is 137 cm³/mol. The molecule has 1 aliphatic heterocycles. The van der Waals surface area contributed by atoms with Gasteiger partial charge in [0.1, 0.15) is 23.4 Å². The molecular formula is C27H33N5O4. The molecule has 0 saturated heterocycles. The molecule has 0 spiro atoms. The number of nitrogens with zero attached hydrogens (tertiary/aromatic N) is 3. The van der Waals surface area contributed by atoms with Crippen LogP contribution in [0.5, 0.6) is 11.5 Å². The van der Waals surface area contributed by atoms with Crippen LogP contribution in [0.4, 0.5) is 5.69 Å². The molecule has 0 aliphatic carbocycles. The van der Waals surface area contributed by atoms with E-state index in [4.69, 9.17) is 9.47 Å². The molecular weight excluding hydrogens is 458 g/mol. The SMILES string of the molecule is COc1cc(OC)cc(C(=O)N[C@H](C(=O)Nc2ccc(-c3nnc4n3CCCCC4)cc2)C(C)C)c1. The smallest absolute Gasteiger partial charge is 0.252 e. The maximum atomic E-state index is 13.1. The summed E-state index contributed by atoms with van der Waals surface area (Å²) in [5, 5.41) is 14.5. The van der Waals surface area contributed by atoms with Gasteiger partial charge in [0.05, 0.1) is 14.2 Å². The molecule has 0 saturated carbocycles. The van der Waals surface area contributed by atoms with Gasteiger partial charge in [-0.05, 0) is 55.2 Å². The number of methoxy groups -OCH3 is 2. The van der Waals surface area contributed by atoms with Crippen molar-refractivity contribution in [1.82, 2.24) is 20.1 Å². The number of hydrogen-bond donors (Lipinski definition) is 2. The zero-order chi connectivity index (χ0) is 25.7. The second-order valence-corrected chi connectivity index (χ2v) is 9.27. The first-order chi connectivity index (χ1) is 17.4. The monoisotopic (exact) mass is 491 g/mol. The van der Waals surface area contributed by atoms with Crippen molar-refractivity contribution in [2.45, 2.75) is 52.1 Å². The predicted octanol–water partition coefficient (Wildman–Crippen LogP) is 4.08. The van der Waals surface area contributed by atoms with Crippen molar-refractivity contribution in [2.75, 3.05) is 19.5 Å². The van der Waals surface area contributed by atoms with Crippen molar-refractivity contribution in [3.8, 4) is 22.9 Å². The number of carbonyl (C=O) groups is 2. The van der Waals surface area contributed by atoms with Gasteiger partial charge in [0.15, 0.2) is 5.82 Å². The van der Waals surface area contributed by atoms with Crippen LogP contribution >= 0.6 is 0 Å². The molecule has 2 amide bonds. The molecule has 9 heteroatoms. The highest BCUT2D eigenvalue weighted by molar-refractivity contribution is 6.01. The van der Waals surface area contributed by atoms with Crippen LogP contribution in [0.3, 0.4) is 0 Å². The Hall–Kier alpha value is -3.88. The summed E-state index contributed by atoms with van der Waals surface area (Å²) in [6.07, 6.45) is 4.41. The van der Waals surface area contributed by atoms with E-state index in [1.807, 2.05) is 38.1 Å². The number of aromatic nitrogens is 3. The van der Waals surface area contributed by atoms with Gasteiger partial charge in [0, 0.05) is 35.8 Å². The summed E-state index contributed by atoms with van der Waals surface area (Å²) in [6, 6.07) is 11.7. The average molecular weight is 492 g/mol. The van der Waals surface area contributed by atoms with Gasteiger partial charge in [-0.3, -0.25) is 9.59 Å². The summed E-state index contributed by atoms with van der Waals surface area (Å²) in [5.74, 6) is 2.06. The lowest BCUT2D eigenvalue weighted by molar-refractivity contribution is -0.118. The first-order valence-corrected chi connectivity index (χ1v) is 12.3. The fourth-order valence-electron chi connectivity index (χ4n) is 4.32. The van der Waals surface area contributed by atoms with Crippen LogP contribution in [-0.4, -0.2) is 46.8 Å². The van der Waals surface area contributed by atoms with E-state index in [1.54, 1.807) is 18.2 Å². The van der Waals surface area contributed by atoms with E-state index in [0.717, 1.165) is 43.0 Å². The topological polar surface area (TPSA) is 107 Å². The Balaban J connectivity index is 1.45. The van der Waals surface area contributed by atoms with Crippen LogP contribution in [0.15, 0.2) is 42.5 Å². The number of hydrogen-bond acceptors (Lipinski definition) is 6. The summed E-state index contributed by atoms with van der Waals surface area (Å²) in [4.78, 5) is 26.1. The molecule has 36 heavy (non-hydrogen) atoms. The first-order valence-electron chi connectivity index (χ1n) is 12.3. The van der Waals surface area contributed by atoms with E-state index in [2.05, 4.69) is 25.4 Å². The van der Waals surface area contributed by atoms with E-state index in [1.165, 1.54) is 20.6 Å². The number of anilines is 1. The third-order valence-corrected chi connectivity index (χ3v) is 6.37. The van der Waals surface area contributed by atoms with Crippen molar-refractivity contribution in [1.29, 1.82) is 0 Å². The molecule has 9 nitrogen and oxygen atoms in total. The van der Waals surface area contributed by atoms with Crippen molar-refractivity contribution in [2.24, 2.45) is 5.92 Å². The molecule has 2 N–H and O–H groups in total. The normalized spacial score (nSPS) is 13.9. The summed E-state index contributed by atoms with van der Waals surface area (Å²) >= 11 is 0. The molecule has 2 aromatic carbocycles. The van der Waals surface area contributed by atoms with Crippen LogP contribution in [0.1, 0.15) is 49.3 Å². The van der Waals surface area contributed by atoms with Gasteiger partial charge in [-0.2, -0.15) is 0 Å². The van der Waals surface area contributed by atoms with Crippen molar-refractivity contribution < 1.29 is 19.1 Å². The average Bonchev–Trinajstić information content (AvgIpc) is 3.14. The molecule has 190 valence electrons. The molecule has 1 aliphatic rings. The summed E-state index contributed by atoms with van der Waals surface area (Å²) in [5.41, 5.74) is 1.94. The second kappa shape index (κ2) is 11.2. The van der Waals surface area contributed by atoms with Gasteiger partial charge >= 0.3 is 0 Å². The summed E-state index contributed by atoms with van der Waals surface area (Å²) in [6.45, 7) is 4.69. The molecule has 0 unspecified atom stereocenters. The molecule has 1 aromatic heterocycles. The number of ether oxygens (including phenoxy) is 2. The number of amides is 2. The largest absolute Gasteiger partial charge is 0.497 e. The van der Waals surface area contributed by atoms with Crippen LogP contribution < -0.4 is 20.1 Å². The van der Waals surface area contributed by atoms with E-state index < -0.39 is 6.04 Å². The number of carbonyl (C=O) groups excluding carboxylic acids is 2. The Morgan fingerprint density at radius 1 is 0.944 bits per heavy atom. The molecule has 0 radical (unpaired) electrons. The highest BCUT2D eigenvalue weighted by Crippen LogP contribution is 2.25. The van der Waals surface area contributed by atoms with Gasteiger partial charge in [-0.1, -0.05) is 20.3 Å². The molecule has 3 aromatic rings. The Morgan fingerprint density at radius 2 is 1.64 bits per heavy atom. The second-order valence-electron chi connectivity index (χ2n) is 9.27. The van der Waals surface area contributed by atoms with E-state index in [-0.39, 0.29) is 17.7 Å². The molecule has 0 fully saturated rings. The van der Waals surface area contributed by atoms with Crippen molar-refractivity contribution >= 4 is 17.5 Å². The number of aryl methyl sites for hydroxylation is 1. The minimum atomic E-state index is -0.735. The van der Waals surface area contributed by atoms with Crippen LogP contribution in [-0.2, 0) is 17.8 Å². The minimum absolute atomic E-state index is 0.132. The lowest BCUT2D eigenvalue weighted by atomic mass is 10.0. The standard InChI is InChI=1S/C27H33N5O4/c1-17(2)24(29-26(33)19-14-21(35-3)16-22(15-19)36-4)27(34)28-20-11-9-18(10-12-20)25-31-30-23-8-6-5-7-13-32(23)25/h9-12,14-17,24H,5-8,13H2,1-4H3,(H,28,34)(H,29,33)/t24-/m0/s1. The summed E-state index contributed by atoms with van der Waals surface area (Å²) in [7, 11) is 3.04. The van der Waals surface area contributed by atoms with Crippen molar-refractivity contribution in [3.05, 3.63) is 53.9 Å². The van der Waals surface area contributed by atoms with E-state index >= 15 is 0 Å². The fraction of sp³-hybridized carbons (Fsp3) is 0.407. The van der Waals surface area contributed by atoms with Gasteiger partial charge in [0.25, 0.3) is 5.91 Å². The number of fused-ring (bicyclic) bond motifs is 1. The van der Waals surface area contributed by atoms with Crippen LogP contribution in [0.2, 0.25) is 0 Å². The van der Waals surface area contributed by atoms with Crippen LogP contribution in [0, 0.1) is 5.92 Å². The zero-order valence-corrected chi connectivity index (χ0v) is 21.2. The molecule has 2 heterocycles. The number of rotatable bonds is 8. The van der Waals surface area contributed by atoms with Gasteiger partial charge < -0.3 is 24.7 Å². The van der Waals surface area contributed by atoms with Gasteiger partial charge in [-0.25, -0.2) is 0 Å². The lowest BCUT2D eigenvalue weighted by Gasteiger charge is -2.22. The number of benzene rings is 2. The third-order valence-electron chi connectivity index (χ3n) is 6.37. The maximum absolute atomic E-state index is 13.1. The summed E-state index contributed by atoms with van der Waals surface area (Å²) < 4.78 is 12.7. The van der Waals surface area contributed by atoms with Gasteiger partial charge in [0.2, 0.25) is 5.91 Å². The fourth-order valence-corrected chi connectivity index (χ4v) is 4.32. The minimum Gasteiger partial charge on any atom is -0.497 e. The molecule has 4 rings (SSSR count). The highest BCUT2D eigenvalue weighted by Gasteiger charge is 2.25. The Bertz CT molecular complexity index is 1200. The highest BCUT2D eigenvalue weighted by atomic mass is 16.5. The quantitative estimate of drug-likeness (QED) is 0.492. The zero-order valence-electron chi connectivity index (χ0n) is 21.2. The Labute approximate surface area is 211 Å². The first kappa shape index (κ1) is 25.2. The number of nitrogens with one attached hydrogen (secondary N) is 2. The Kier molecular flexibility index (Phi) is 7.87. The Morgan fingerprint density at radius 3 is 2.28 bits per heavy atom. The maximum Gasteiger partial charge on any atom is 0.252 e. The third kappa shape index (κ3) is 5.67. The van der Waals surface area contributed by atoms with Crippen LogP contribution in [0.25, 0.3) is 11.4 Å². The van der Waals surface area contributed by atoms with Gasteiger partial charge in [-0.15, -0.1) is 10.2 Å². The lowest BCUT2D eigenvalue weighted by Crippen LogP contribution is -2.47. The van der Waals surface area contributed by atoms with E-state index in [9.17, 15) is 9.59 Å². The van der Waals surface area contributed by atoms with E-state index in [0.29, 0.717) is 22.7 Å².